The molecule has 0 saturated carbocycles. The fourth-order valence-corrected chi connectivity index (χ4v) is 3.39. The van der Waals surface area contributed by atoms with Crippen molar-refractivity contribution in [2.24, 2.45) is 0 Å². The lowest BCUT2D eigenvalue weighted by Crippen LogP contribution is -2.33. The van der Waals surface area contributed by atoms with E-state index in [1.165, 1.54) is 0 Å². The summed E-state index contributed by atoms with van der Waals surface area (Å²) in [4.78, 5) is 23.5. The van der Waals surface area contributed by atoms with Gasteiger partial charge in [-0.15, -0.1) is 0 Å². The minimum atomic E-state index is -4.83. The Balaban J connectivity index is 2.15. The third kappa shape index (κ3) is 8.50. The van der Waals surface area contributed by atoms with Crippen LogP contribution in [0.25, 0.3) is 6.08 Å². The quantitative estimate of drug-likeness (QED) is 0.214. The molecule has 0 heterocycles. The molecule has 0 aliphatic carbocycles. The van der Waals surface area contributed by atoms with E-state index in [4.69, 9.17) is 23.2 Å². The minimum Gasteiger partial charge on any atom is -0.347 e. The molecule has 190 valence electrons. The molecule has 35 heavy (non-hydrogen) atoms. The van der Waals surface area contributed by atoms with Crippen LogP contribution in [-0.4, -0.2) is 30.6 Å². The van der Waals surface area contributed by atoms with Gasteiger partial charge < -0.3 is 5.32 Å². The molecule has 1 unspecified atom stereocenters. The zero-order chi connectivity index (χ0) is 26.6. The molecule has 0 spiro atoms. The van der Waals surface area contributed by atoms with Gasteiger partial charge >= 0.3 is 12.4 Å². The van der Waals surface area contributed by atoms with E-state index >= 15 is 0 Å². The third-order valence-electron chi connectivity index (χ3n) is 4.56. The molecule has 3 nitrogen and oxygen atoms in total. The second-order valence-electron chi connectivity index (χ2n) is 7.23. The SMILES string of the molecule is O=C(CCC(=O)c1ccc(/C=C/C(c2cc(Cl)c(F)c(Cl)c2)C(F)(F)F)cc1F)NCC(F)(F)F. The zero-order valence-corrected chi connectivity index (χ0v) is 18.8. The van der Waals surface area contributed by atoms with Crippen molar-refractivity contribution < 1.29 is 44.7 Å². The van der Waals surface area contributed by atoms with E-state index in [0.29, 0.717) is 6.08 Å². The van der Waals surface area contributed by atoms with E-state index in [9.17, 15) is 44.7 Å². The van der Waals surface area contributed by atoms with Crippen molar-refractivity contribution in [2.75, 3.05) is 6.54 Å². The maximum atomic E-state index is 14.4. The Hall–Kier alpha value is -2.66. The molecule has 1 N–H and O–H groups in total. The highest BCUT2D eigenvalue weighted by Gasteiger charge is 2.39. The first-order valence-corrected chi connectivity index (χ1v) is 10.4. The number of hydrogen-bond donors (Lipinski definition) is 1. The van der Waals surface area contributed by atoms with Crippen molar-refractivity contribution in [2.45, 2.75) is 31.1 Å². The van der Waals surface area contributed by atoms with Gasteiger partial charge in [-0.25, -0.2) is 8.78 Å². The summed E-state index contributed by atoms with van der Waals surface area (Å²) in [6.45, 7) is -1.58. The molecule has 2 rings (SSSR count). The summed E-state index contributed by atoms with van der Waals surface area (Å²) >= 11 is 11.1. The van der Waals surface area contributed by atoms with E-state index in [1.54, 1.807) is 5.32 Å². The Morgan fingerprint density at radius 2 is 1.54 bits per heavy atom. The van der Waals surface area contributed by atoms with Gasteiger partial charge in [-0.05, 0) is 35.4 Å². The number of hydrogen-bond acceptors (Lipinski definition) is 2. The number of carbonyl (C=O) groups excluding carboxylic acids is 2. The minimum absolute atomic E-state index is 0.0597. The zero-order valence-electron chi connectivity index (χ0n) is 17.3. The van der Waals surface area contributed by atoms with Crippen LogP contribution in [-0.2, 0) is 4.79 Å². The number of benzene rings is 2. The second-order valence-corrected chi connectivity index (χ2v) is 8.05. The fourth-order valence-electron chi connectivity index (χ4n) is 2.88. The number of carbonyl (C=O) groups is 2. The van der Waals surface area contributed by atoms with Crippen LogP contribution < -0.4 is 5.32 Å². The average Bonchev–Trinajstić information content (AvgIpc) is 2.73. The number of ketones is 1. The summed E-state index contributed by atoms with van der Waals surface area (Å²) in [6.07, 6.45) is -9.08. The first-order chi connectivity index (χ1) is 16.1. The molecule has 1 atom stereocenters. The molecule has 2 aromatic carbocycles. The van der Waals surface area contributed by atoms with E-state index in [1.807, 2.05) is 0 Å². The van der Waals surface area contributed by atoms with Crippen LogP contribution in [0.5, 0.6) is 0 Å². The average molecular weight is 548 g/mol. The molecule has 0 saturated heterocycles. The molecular formula is C22H15Cl2F8NO2. The van der Waals surface area contributed by atoms with E-state index in [0.717, 1.165) is 36.4 Å². The second kappa shape index (κ2) is 11.4. The van der Waals surface area contributed by atoms with Crippen LogP contribution >= 0.6 is 23.2 Å². The van der Waals surface area contributed by atoms with Gasteiger partial charge in [0.1, 0.15) is 12.4 Å². The lowest BCUT2D eigenvalue weighted by atomic mass is 9.96. The monoisotopic (exact) mass is 547 g/mol. The van der Waals surface area contributed by atoms with E-state index < -0.39 is 82.2 Å². The van der Waals surface area contributed by atoms with E-state index in [-0.39, 0.29) is 5.56 Å². The maximum absolute atomic E-state index is 14.4. The number of halogens is 10. The first kappa shape index (κ1) is 28.6. The van der Waals surface area contributed by atoms with Crippen molar-refractivity contribution in [1.29, 1.82) is 0 Å². The number of allylic oxidation sites excluding steroid dienone is 1. The number of Topliss-reactive ketones (excluding diaryl/α,β-unsaturated/α-hetero) is 1. The first-order valence-electron chi connectivity index (χ1n) is 9.64. The number of nitrogens with one attached hydrogen (secondary N) is 1. The molecule has 2 aromatic rings. The molecule has 0 fully saturated rings. The van der Waals surface area contributed by atoms with Gasteiger partial charge in [0.2, 0.25) is 5.91 Å². The molecule has 0 aliphatic rings. The van der Waals surface area contributed by atoms with Gasteiger partial charge in [-0.2, -0.15) is 26.3 Å². The standard InChI is InChI=1S/C22H15Cl2F8NO2/c23-15-8-12(9-16(24)20(15)26)14(22(30,31)32)4-2-11-1-3-13(17(25)7-11)18(34)5-6-19(35)33-10-21(27,28)29/h1-4,7-9,14H,5-6,10H2,(H,33,35)/b4-2+. The lowest BCUT2D eigenvalue weighted by molar-refractivity contribution is -0.139. The predicted molar refractivity (Wildman–Crippen MR) is 113 cm³/mol. The molecule has 0 aromatic heterocycles. The number of alkyl halides is 6. The Morgan fingerprint density at radius 3 is 2.06 bits per heavy atom. The normalized spacial score (nSPS) is 13.2. The number of amides is 1. The smallest absolute Gasteiger partial charge is 0.347 e. The maximum Gasteiger partial charge on any atom is 0.405 e. The Bertz CT molecular complexity index is 1110. The third-order valence-corrected chi connectivity index (χ3v) is 5.11. The molecule has 0 bridgehead atoms. The van der Waals surface area contributed by atoms with Crippen LogP contribution in [0.15, 0.2) is 36.4 Å². The van der Waals surface area contributed by atoms with Crippen LogP contribution in [0.1, 0.15) is 40.2 Å². The summed E-state index contributed by atoms with van der Waals surface area (Å²) in [7, 11) is 0. The van der Waals surface area contributed by atoms with Crippen LogP contribution in [0, 0.1) is 11.6 Å². The Kier molecular flexibility index (Phi) is 9.29. The predicted octanol–water partition coefficient (Wildman–Crippen LogP) is 7.27. The van der Waals surface area contributed by atoms with Gasteiger partial charge in [0, 0.05) is 12.8 Å². The van der Waals surface area contributed by atoms with Crippen molar-refractivity contribution in [3.63, 3.8) is 0 Å². The van der Waals surface area contributed by atoms with Gasteiger partial charge in [-0.1, -0.05) is 41.4 Å². The van der Waals surface area contributed by atoms with E-state index in [2.05, 4.69) is 0 Å². The lowest BCUT2D eigenvalue weighted by Gasteiger charge is -2.18. The van der Waals surface area contributed by atoms with Crippen molar-refractivity contribution in [3.05, 3.63) is 74.8 Å². The summed E-state index contributed by atoms with van der Waals surface area (Å²) in [6, 6.07) is 4.40. The summed E-state index contributed by atoms with van der Waals surface area (Å²) in [5.41, 5.74) is -1.01. The summed E-state index contributed by atoms with van der Waals surface area (Å²) in [5.74, 6) is -6.40. The number of rotatable bonds is 8. The topological polar surface area (TPSA) is 46.2 Å². The van der Waals surface area contributed by atoms with Crippen LogP contribution in [0.2, 0.25) is 10.0 Å². The van der Waals surface area contributed by atoms with Gasteiger partial charge in [0.05, 0.1) is 21.5 Å². The molecular weight excluding hydrogens is 533 g/mol. The van der Waals surface area contributed by atoms with Crippen LogP contribution in [0.3, 0.4) is 0 Å². The van der Waals surface area contributed by atoms with Crippen LogP contribution in [0.4, 0.5) is 35.1 Å². The Morgan fingerprint density at radius 1 is 0.943 bits per heavy atom. The van der Waals surface area contributed by atoms with Gasteiger partial charge in [0.15, 0.2) is 11.6 Å². The molecule has 13 heteroatoms. The highest BCUT2D eigenvalue weighted by Crippen LogP contribution is 2.39. The highest BCUT2D eigenvalue weighted by molar-refractivity contribution is 6.35. The summed E-state index contributed by atoms with van der Waals surface area (Å²) < 4.78 is 105. The molecule has 1 amide bonds. The highest BCUT2D eigenvalue weighted by atomic mass is 35.5. The van der Waals surface area contributed by atoms with Gasteiger partial charge in [0.25, 0.3) is 0 Å². The van der Waals surface area contributed by atoms with Crippen molar-refractivity contribution in [3.8, 4) is 0 Å². The fraction of sp³-hybridized carbons (Fsp3) is 0.273. The van der Waals surface area contributed by atoms with Gasteiger partial charge in [-0.3, -0.25) is 9.59 Å². The molecule has 0 aliphatic heterocycles. The Labute approximate surface area is 203 Å². The largest absolute Gasteiger partial charge is 0.405 e. The molecule has 0 radical (unpaired) electrons. The van der Waals surface area contributed by atoms with Crippen molar-refractivity contribution in [1.82, 2.24) is 5.32 Å². The van der Waals surface area contributed by atoms with Crippen molar-refractivity contribution >= 4 is 41.0 Å². The summed E-state index contributed by atoms with van der Waals surface area (Å²) in [5, 5.41) is 0.338.